The molecule has 2 heterocycles. The second-order valence-electron chi connectivity index (χ2n) is 7.43. The van der Waals surface area contributed by atoms with E-state index in [4.69, 9.17) is 4.74 Å². The van der Waals surface area contributed by atoms with Crippen LogP contribution in [-0.2, 0) is 10.2 Å². The number of hydrogen-bond donors (Lipinski definition) is 1. The molecular weight excluding hydrogens is 286 g/mol. The number of hydrogen-bond acceptors (Lipinski definition) is 4. The molecule has 0 atom stereocenters. The monoisotopic (exact) mass is 315 g/mol. The summed E-state index contributed by atoms with van der Waals surface area (Å²) < 4.78 is 5.91. The fraction of sp³-hybridized carbons (Fsp3) is 0.526. The zero-order valence-electron chi connectivity index (χ0n) is 14.9. The van der Waals surface area contributed by atoms with Gasteiger partial charge in [0, 0.05) is 19.3 Å². The van der Waals surface area contributed by atoms with E-state index in [1.54, 1.807) is 6.20 Å². The average Bonchev–Trinajstić information content (AvgIpc) is 2.47. The summed E-state index contributed by atoms with van der Waals surface area (Å²) in [6.45, 7) is 18.2. The number of nitrogens with one attached hydrogen (secondary N) is 1. The van der Waals surface area contributed by atoms with E-state index in [-0.39, 0.29) is 11.0 Å². The first-order valence-electron chi connectivity index (χ1n) is 8.20. The third kappa shape index (κ3) is 4.27. The van der Waals surface area contributed by atoms with Gasteiger partial charge < -0.3 is 15.0 Å². The van der Waals surface area contributed by atoms with Crippen LogP contribution in [0, 0.1) is 0 Å². The normalized spacial score (nSPS) is 17.5. The maximum atomic E-state index is 5.91. The van der Waals surface area contributed by atoms with Crippen LogP contribution >= 0.6 is 0 Å². The highest BCUT2D eigenvalue weighted by atomic mass is 16.5. The van der Waals surface area contributed by atoms with Crippen molar-refractivity contribution < 1.29 is 4.74 Å². The SMILES string of the molecule is C=CNc1cnccc1C1(C)CCN(C(=C)OC(C)(C)C)CC1. The van der Waals surface area contributed by atoms with Crippen LogP contribution in [0.2, 0.25) is 0 Å². The number of pyridine rings is 1. The molecule has 0 amide bonds. The van der Waals surface area contributed by atoms with Gasteiger partial charge in [-0.25, -0.2) is 0 Å². The molecule has 1 saturated heterocycles. The van der Waals surface area contributed by atoms with Gasteiger partial charge in [-0.2, -0.15) is 0 Å². The van der Waals surface area contributed by atoms with Crippen molar-refractivity contribution in [1.82, 2.24) is 9.88 Å². The van der Waals surface area contributed by atoms with Crippen molar-refractivity contribution >= 4 is 5.69 Å². The topological polar surface area (TPSA) is 37.4 Å². The van der Waals surface area contributed by atoms with Crippen molar-refractivity contribution in [2.75, 3.05) is 18.4 Å². The molecule has 1 aromatic heterocycles. The molecule has 0 unspecified atom stereocenters. The molecule has 1 aliphatic rings. The second-order valence-corrected chi connectivity index (χ2v) is 7.43. The number of rotatable bonds is 5. The summed E-state index contributed by atoms with van der Waals surface area (Å²) in [6, 6.07) is 2.11. The quantitative estimate of drug-likeness (QED) is 0.823. The van der Waals surface area contributed by atoms with Gasteiger partial charge in [0.2, 0.25) is 0 Å². The van der Waals surface area contributed by atoms with Gasteiger partial charge in [-0.1, -0.05) is 13.5 Å². The van der Waals surface area contributed by atoms with Gasteiger partial charge in [0.15, 0.2) is 5.88 Å². The Bertz CT molecular complexity index is 566. The first kappa shape index (κ1) is 17.4. The van der Waals surface area contributed by atoms with E-state index >= 15 is 0 Å². The number of anilines is 1. The van der Waals surface area contributed by atoms with Crippen molar-refractivity contribution in [3.63, 3.8) is 0 Å². The lowest BCUT2D eigenvalue weighted by molar-refractivity contribution is -0.00687. The van der Waals surface area contributed by atoms with Crippen molar-refractivity contribution in [1.29, 1.82) is 0 Å². The maximum Gasteiger partial charge on any atom is 0.182 e. The van der Waals surface area contributed by atoms with Crippen LogP contribution in [0.15, 0.2) is 43.7 Å². The molecule has 4 heteroatoms. The van der Waals surface area contributed by atoms with Crippen LogP contribution in [-0.4, -0.2) is 28.6 Å². The van der Waals surface area contributed by atoms with Crippen molar-refractivity contribution in [3.05, 3.63) is 49.3 Å². The van der Waals surface area contributed by atoms with E-state index < -0.39 is 0 Å². The molecule has 1 aliphatic heterocycles. The third-order valence-electron chi connectivity index (χ3n) is 4.37. The number of piperidine rings is 1. The summed E-state index contributed by atoms with van der Waals surface area (Å²) >= 11 is 0. The van der Waals surface area contributed by atoms with Crippen molar-refractivity contribution in [3.8, 4) is 0 Å². The molecule has 2 rings (SSSR count). The van der Waals surface area contributed by atoms with Gasteiger partial charge in [0.25, 0.3) is 0 Å². The molecule has 1 aromatic rings. The molecule has 126 valence electrons. The van der Waals surface area contributed by atoms with Gasteiger partial charge in [0.1, 0.15) is 5.60 Å². The van der Waals surface area contributed by atoms with Crippen LogP contribution in [0.3, 0.4) is 0 Å². The Hall–Kier alpha value is -1.97. The van der Waals surface area contributed by atoms with E-state index in [9.17, 15) is 0 Å². The zero-order valence-corrected chi connectivity index (χ0v) is 14.9. The minimum Gasteiger partial charge on any atom is -0.474 e. The molecule has 1 N–H and O–H groups in total. The standard InChI is InChI=1S/C19H29N3O/c1-7-21-17-14-20-11-8-16(17)19(6)9-12-22(13-10-19)15(2)23-18(3,4)5/h7-8,11,14,21H,1-2,9-10,12-13H2,3-6H3. The number of likely N-dealkylation sites (tertiary alicyclic amines) is 1. The molecule has 4 nitrogen and oxygen atoms in total. The Kier molecular flexibility index (Phi) is 5.03. The van der Waals surface area contributed by atoms with E-state index in [1.807, 2.05) is 12.4 Å². The van der Waals surface area contributed by atoms with E-state index in [0.717, 1.165) is 37.5 Å². The fourth-order valence-electron chi connectivity index (χ4n) is 3.08. The number of ether oxygens (including phenoxy) is 1. The lowest BCUT2D eigenvalue weighted by atomic mass is 9.74. The highest BCUT2D eigenvalue weighted by Crippen LogP contribution is 2.39. The molecule has 0 saturated carbocycles. The molecule has 0 spiro atoms. The highest BCUT2D eigenvalue weighted by Gasteiger charge is 2.34. The first-order chi connectivity index (χ1) is 10.7. The zero-order chi connectivity index (χ0) is 17.1. The maximum absolute atomic E-state index is 5.91. The van der Waals surface area contributed by atoms with E-state index in [1.165, 1.54) is 5.56 Å². The van der Waals surface area contributed by atoms with Crippen molar-refractivity contribution in [2.45, 2.75) is 51.6 Å². The molecule has 0 aliphatic carbocycles. The van der Waals surface area contributed by atoms with Gasteiger partial charge in [-0.3, -0.25) is 4.98 Å². The van der Waals surface area contributed by atoms with Crippen LogP contribution in [0.1, 0.15) is 46.1 Å². The van der Waals surface area contributed by atoms with E-state index in [0.29, 0.717) is 0 Å². The Morgan fingerprint density at radius 2 is 2.04 bits per heavy atom. The van der Waals surface area contributed by atoms with Gasteiger partial charge in [0.05, 0.1) is 11.9 Å². The Morgan fingerprint density at radius 1 is 1.39 bits per heavy atom. The summed E-state index contributed by atoms with van der Waals surface area (Å²) in [5.74, 6) is 0.777. The lowest BCUT2D eigenvalue weighted by Gasteiger charge is -2.42. The highest BCUT2D eigenvalue weighted by molar-refractivity contribution is 5.54. The molecule has 0 bridgehead atoms. The van der Waals surface area contributed by atoms with Crippen LogP contribution in [0.25, 0.3) is 0 Å². The van der Waals surface area contributed by atoms with Gasteiger partial charge >= 0.3 is 0 Å². The first-order valence-corrected chi connectivity index (χ1v) is 8.20. The van der Waals surface area contributed by atoms with Gasteiger partial charge in [-0.15, -0.1) is 0 Å². The Balaban J connectivity index is 2.08. The minimum absolute atomic E-state index is 0.118. The van der Waals surface area contributed by atoms with Crippen LogP contribution in [0.5, 0.6) is 0 Å². The lowest BCUT2D eigenvalue weighted by Crippen LogP contribution is -2.42. The Morgan fingerprint density at radius 3 is 2.61 bits per heavy atom. The minimum atomic E-state index is -0.204. The predicted octanol–water partition coefficient (Wildman–Crippen LogP) is 4.28. The fourth-order valence-corrected chi connectivity index (χ4v) is 3.08. The molecule has 0 aromatic carbocycles. The van der Waals surface area contributed by atoms with Crippen molar-refractivity contribution in [2.24, 2.45) is 0 Å². The van der Waals surface area contributed by atoms with Crippen LogP contribution < -0.4 is 5.32 Å². The third-order valence-corrected chi connectivity index (χ3v) is 4.37. The van der Waals surface area contributed by atoms with Gasteiger partial charge in [-0.05, 0) is 63.4 Å². The summed E-state index contributed by atoms with van der Waals surface area (Å²) in [4.78, 5) is 6.46. The van der Waals surface area contributed by atoms with E-state index in [2.05, 4.69) is 62.1 Å². The number of aromatic nitrogens is 1. The smallest absolute Gasteiger partial charge is 0.182 e. The predicted molar refractivity (Wildman–Crippen MR) is 96.2 cm³/mol. The summed E-state index contributed by atoms with van der Waals surface area (Å²) in [5.41, 5.74) is 2.26. The Labute approximate surface area is 140 Å². The second kappa shape index (κ2) is 6.65. The average molecular weight is 315 g/mol. The molecular formula is C19H29N3O. The summed E-state index contributed by atoms with van der Waals surface area (Å²) in [5, 5.41) is 3.21. The van der Waals surface area contributed by atoms with Crippen LogP contribution in [0.4, 0.5) is 5.69 Å². The number of nitrogens with zero attached hydrogens (tertiary/aromatic N) is 2. The largest absolute Gasteiger partial charge is 0.474 e. The molecule has 1 fully saturated rings. The summed E-state index contributed by atoms with van der Waals surface area (Å²) in [6.07, 6.45) is 7.54. The summed E-state index contributed by atoms with van der Waals surface area (Å²) in [7, 11) is 0. The molecule has 23 heavy (non-hydrogen) atoms. The molecule has 0 radical (unpaired) electrons.